The lowest BCUT2D eigenvalue weighted by molar-refractivity contribution is -0.116. The van der Waals surface area contributed by atoms with Crippen molar-refractivity contribution in [3.05, 3.63) is 76.2 Å². The normalized spacial score (nSPS) is 10.9. The van der Waals surface area contributed by atoms with Crippen molar-refractivity contribution in [1.29, 1.82) is 0 Å². The largest absolute Gasteiger partial charge is 0.497 e. The van der Waals surface area contributed by atoms with E-state index in [0.29, 0.717) is 35.4 Å². The van der Waals surface area contributed by atoms with E-state index in [-0.39, 0.29) is 11.3 Å². The summed E-state index contributed by atoms with van der Waals surface area (Å²) in [6.45, 7) is 2.56. The van der Waals surface area contributed by atoms with Crippen LogP contribution in [-0.4, -0.2) is 26.2 Å². The summed E-state index contributed by atoms with van der Waals surface area (Å²) < 4.78 is 16.1. The highest BCUT2D eigenvalue weighted by Crippen LogP contribution is 2.16. The van der Waals surface area contributed by atoms with E-state index in [1.807, 2.05) is 13.0 Å². The van der Waals surface area contributed by atoms with E-state index in [0.717, 1.165) is 11.3 Å². The highest BCUT2D eigenvalue weighted by Gasteiger charge is 2.05. The molecule has 3 rings (SSSR count). The maximum absolute atomic E-state index is 12.5. The molecule has 0 spiro atoms. The van der Waals surface area contributed by atoms with Crippen LogP contribution in [0.25, 0.3) is 17.0 Å². The summed E-state index contributed by atoms with van der Waals surface area (Å²) in [7, 11) is 1.60. The van der Waals surface area contributed by atoms with Crippen LogP contribution < -0.4 is 20.2 Å². The number of carbonyl (C=O) groups is 1. The van der Waals surface area contributed by atoms with Crippen molar-refractivity contribution in [3.8, 4) is 11.5 Å². The Balaban J connectivity index is 1.53. The number of hydrogen-bond donors (Lipinski definition) is 1. The fourth-order valence-corrected chi connectivity index (χ4v) is 2.61. The molecule has 0 fully saturated rings. The number of carbonyl (C=O) groups excluding carboxylic acids is 1. The number of rotatable bonds is 7. The van der Waals surface area contributed by atoms with Gasteiger partial charge >= 0.3 is 0 Å². The zero-order chi connectivity index (χ0) is 19.9. The Morgan fingerprint density at radius 1 is 1.14 bits per heavy atom. The van der Waals surface area contributed by atoms with Crippen LogP contribution in [0.1, 0.15) is 11.1 Å². The molecule has 0 saturated heterocycles. The maximum atomic E-state index is 12.5. The number of fused-ring (bicyclic) bond motifs is 1. The predicted molar refractivity (Wildman–Crippen MR) is 108 cm³/mol. The standard InChI is InChI=1S/C22H21NO5/c1-15-3-9-20-19(13-15)22(25)16(14-28-20)4-10-21(24)23-11-12-27-18-7-5-17(26-2)6-8-18/h3-10,13-14H,11-12H2,1-2H3,(H,23,24)/b10-4+. The third kappa shape index (κ3) is 4.79. The third-order valence-electron chi connectivity index (χ3n) is 4.10. The van der Waals surface area contributed by atoms with Gasteiger partial charge in [-0.25, -0.2) is 0 Å². The van der Waals surface area contributed by atoms with Gasteiger partial charge in [-0.05, 0) is 49.4 Å². The minimum atomic E-state index is -0.318. The van der Waals surface area contributed by atoms with E-state index in [1.165, 1.54) is 18.4 Å². The molecule has 2 aromatic carbocycles. The van der Waals surface area contributed by atoms with Crippen LogP contribution >= 0.6 is 0 Å². The van der Waals surface area contributed by atoms with Gasteiger partial charge in [0.15, 0.2) is 5.43 Å². The average Bonchev–Trinajstić information content (AvgIpc) is 2.71. The molecule has 0 unspecified atom stereocenters. The summed E-state index contributed by atoms with van der Waals surface area (Å²) in [5, 5.41) is 3.20. The Morgan fingerprint density at radius 2 is 1.89 bits per heavy atom. The van der Waals surface area contributed by atoms with Crippen molar-refractivity contribution in [2.24, 2.45) is 0 Å². The monoisotopic (exact) mass is 379 g/mol. The highest BCUT2D eigenvalue weighted by atomic mass is 16.5. The number of ether oxygens (including phenoxy) is 2. The Morgan fingerprint density at radius 3 is 2.64 bits per heavy atom. The minimum absolute atomic E-state index is 0.170. The number of aryl methyl sites for hydroxylation is 1. The first-order valence-corrected chi connectivity index (χ1v) is 8.82. The molecule has 0 atom stereocenters. The van der Waals surface area contributed by atoms with Gasteiger partial charge in [-0.15, -0.1) is 0 Å². The van der Waals surface area contributed by atoms with Crippen molar-refractivity contribution in [3.63, 3.8) is 0 Å². The van der Waals surface area contributed by atoms with Crippen LogP contribution in [-0.2, 0) is 4.79 Å². The summed E-state index contributed by atoms with van der Waals surface area (Å²) in [5.41, 5.74) is 1.64. The molecular formula is C22H21NO5. The van der Waals surface area contributed by atoms with Gasteiger partial charge in [0.25, 0.3) is 0 Å². The van der Waals surface area contributed by atoms with Crippen LogP contribution in [0, 0.1) is 6.92 Å². The van der Waals surface area contributed by atoms with Gasteiger partial charge in [-0.2, -0.15) is 0 Å². The molecule has 3 aromatic rings. The van der Waals surface area contributed by atoms with Gasteiger partial charge in [-0.1, -0.05) is 11.6 Å². The predicted octanol–water partition coefficient (Wildman–Crippen LogP) is 3.32. The maximum Gasteiger partial charge on any atom is 0.244 e. The van der Waals surface area contributed by atoms with Gasteiger partial charge in [0, 0.05) is 6.08 Å². The Labute approximate surface area is 162 Å². The van der Waals surface area contributed by atoms with Crippen molar-refractivity contribution in [1.82, 2.24) is 5.32 Å². The van der Waals surface area contributed by atoms with Crippen molar-refractivity contribution < 1.29 is 18.7 Å². The molecule has 0 aliphatic heterocycles. The quantitative estimate of drug-likeness (QED) is 0.503. The first-order valence-electron chi connectivity index (χ1n) is 8.82. The van der Waals surface area contributed by atoms with E-state index < -0.39 is 0 Å². The van der Waals surface area contributed by atoms with Gasteiger partial charge < -0.3 is 19.2 Å². The van der Waals surface area contributed by atoms with Crippen LogP contribution in [0.2, 0.25) is 0 Å². The van der Waals surface area contributed by atoms with Gasteiger partial charge in [0.1, 0.15) is 30.0 Å². The number of amides is 1. The molecule has 1 heterocycles. The second-order valence-corrected chi connectivity index (χ2v) is 6.17. The Hall–Kier alpha value is -3.54. The molecule has 0 bridgehead atoms. The highest BCUT2D eigenvalue weighted by molar-refractivity contribution is 5.92. The molecular weight excluding hydrogens is 358 g/mol. The summed E-state index contributed by atoms with van der Waals surface area (Å²) in [4.78, 5) is 24.4. The number of methoxy groups -OCH3 is 1. The number of benzene rings is 2. The summed E-state index contributed by atoms with van der Waals surface area (Å²) in [6.07, 6.45) is 4.12. The van der Waals surface area contributed by atoms with Crippen molar-refractivity contribution in [2.75, 3.05) is 20.3 Å². The second-order valence-electron chi connectivity index (χ2n) is 6.17. The SMILES string of the molecule is COc1ccc(OCCNC(=O)/C=C/c2coc3ccc(C)cc3c2=O)cc1. The summed E-state index contributed by atoms with van der Waals surface area (Å²) in [5.74, 6) is 1.12. The molecule has 28 heavy (non-hydrogen) atoms. The first-order chi connectivity index (χ1) is 13.6. The van der Waals surface area contributed by atoms with Crippen LogP contribution in [0.5, 0.6) is 11.5 Å². The van der Waals surface area contributed by atoms with Crippen LogP contribution in [0.15, 0.2) is 64.0 Å². The van der Waals surface area contributed by atoms with Crippen molar-refractivity contribution in [2.45, 2.75) is 6.92 Å². The molecule has 6 heteroatoms. The topological polar surface area (TPSA) is 77.8 Å². The zero-order valence-corrected chi connectivity index (χ0v) is 15.7. The third-order valence-corrected chi connectivity index (χ3v) is 4.10. The lowest BCUT2D eigenvalue weighted by atomic mass is 10.1. The second kappa shape index (κ2) is 8.90. The summed E-state index contributed by atoms with van der Waals surface area (Å²) >= 11 is 0. The van der Waals surface area contributed by atoms with Gasteiger partial charge in [0.05, 0.1) is 24.6 Å². The fraction of sp³-hybridized carbons (Fsp3) is 0.182. The van der Waals surface area contributed by atoms with Gasteiger partial charge in [-0.3, -0.25) is 9.59 Å². The van der Waals surface area contributed by atoms with E-state index in [2.05, 4.69) is 5.32 Å². The minimum Gasteiger partial charge on any atom is -0.497 e. The molecule has 0 aliphatic rings. The van der Waals surface area contributed by atoms with E-state index in [1.54, 1.807) is 43.5 Å². The average molecular weight is 379 g/mol. The smallest absolute Gasteiger partial charge is 0.244 e. The molecule has 144 valence electrons. The van der Waals surface area contributed by atoms with E-state index in [9.17, 15) is 9.59 Å². The van der Waals surface area contributed by atoms with E-state index >= 15 is 0 Å². The molecule has 0 saturated carbocycles. The fourth-order valence-electron chi connectivity index (χ4n) is 2.61. The summed E-state index contributed by atoms with van der Waals surface area (Å²) in [6, 6.07) is 12.6. The van der Waals surface area contributed by atoms with Crippen molar-refractivity contribution >= 4 is 23.0 Å². The molecule has 0 radical (unpaired) electrons. The van der Waals surface area contributed by atoms with E-state index in [4.69, 9.17) is 13.9 Å². The number of hydrogen-bond acceptors (Lipinski definition) is 5. The molecule has 0 aliphatic carbocycles. The Kier molecular flexibility index (Phi) is 6.11. The molecule has 1 aromatic heterocycles. The van der Waals surface area contributed by atoms with Crippen LogP contribution in [0.3, 0.4) is 0 Å². The molecule has 1 amide bonds. The Bertz CT molecular complexity index is 1050. The van der Waals surface area contributed by atoms with Gasteiger partial charge in [0.2, 0.25) is 5.91 Å². The zero-order valence-electron chi connectivity index (χ0n) is 15.7. The lowest BCUT2D eigenvalue weighted by Crippen LogP contribution is -2.26. The first kappa shape index (κ1) is 19.2. The molecule has 6 nitrogen and oxygen atoms in total. The van der Waals surface area contributed by atoms with Crippen LogP contribution in [0.4, 0.5) is 0 Å². The lowest BCUT2D eigenvalue weighted by Gasteiger charge is -2.07. The number of nitrogens with one attached hydrogen (secondary N) is 1. The molecule has 1 N–H and O–H groups in total.